The van der Waals surface area contributed by atoms with Crippen LogP contribution in [0.2, 0.25) is 0 Å². The van der Waals surface area contributed by atoms with Gasteiger partial charge in [-0.1, -0.05) is 62.7 Å². The molecule has 6 nitrogen and oxygen atoms in total. The molecule has 1 aliphatic carbocycles. The fourth-order valence-electron chi connectivity index (χ4n) is 5.17. The van der Waals surface area contributed by atoms with E-state index in [2.05, 4.69) is 44.3 Å². The second-order valence-electron chi connectivity index (χ2n) is 11.5. The zero-order valence-electron chi connectivity index (χ0n) is 22.7. The van der Waals surface area contributed by atoms with Crippen LogP contribution in [0.4, 0.5) is 5.69 Å². The molecule has 3 aromatic rings. The van der Waals surface area contributed by atoms with Crippen molar-refractivity contribution < 1.29 is 17.9 Å². The summed E-state index contributed by atoms with van der Waals surface area (Å²) in [6, 6.07) is 18.5. The molecular weight excluding hydrogens is 496 g/mol. The average molecular weight is 533 g/mol. The van der Waals surface area contributed by atoms with Crippen LogP contribution in [0.3, 0.4) is 0 Å². The van der Waals surface area contributed by atoms with Crippen molar-refractivity contribution in [2.24, 2.45) is 0 Å². The van der Waals surface area contributed by atoms with Crippen LogP contribution in [0, 0.1) is 6.92 Å². The van der Waals surface area contributed by atoms with Crippen LogP contribution in [0.25, 0.3) is 0 Å². The molecule has 1 amide bonds. The predicted octanol–water partition coefficient (Wildman–Crippen LogP) is 5.61. The minimum Gasteiger partial charge on any atom is -0.476 e. The first-order valence-electron chi connectivity index (χ1n) is 13.3. The van der Waals surface area contributed by atoms with E-state index >= 15 is 0 Å². The summed E-state index contributed by atoms with van der Waals surface area (Å²) in [5.41, 5.74) is 5.98. The van der Waals surface area contributed by atoms with Gasteiger partial charge in [-0.15, -0.1) is 0 Å². The Balaban J connectivity index is 1.46. The molecule has 0 unspecified atom stereocenters. The highest BCUT2D eigenvalue weighted by atomic mass is 32.2. The van der Waals surface area contributed by atoms with E-state index in [9.17, 15) is 13.2 Å². The zero-order chi connectivity index (χ0) is 27.2. The van der Waals surface area contributed by atoms with Gasteiger partial charge in [0.2, 0.25) is 0 Å². The van der Waals surface area contributed by atoms with Crippen LogP contribution in [0.15, 0.2) is 65.6 Å². The zero-order valence-corrected chi connectivity index (χ0v) is 23.6. The van der Waals surface area contributed by atoms with E-state index in [0.29, 0.717) is 11.4 Å². The van der Waals surface area contributed by atoms with Gasteiger partial charge in [0.1, 0.15) is 5.75 Å². The van der Waals surface area contributed by atoms with E-state index in [0.717, 1.165) is 36.0 Å². The van der Waals surface area contributed by atoms with E-state index < -0.39 is 16.1 Å². The van der Waals surface area contributed by atoms with E-state index in [-0.39, 0.29) is 28.8 Å². The minimum absolute atomic E-state index is 0.112. The SMILES string of the molecule is Cc1ccc(S(=O)(=O)N2C[C@H](C(=O)N[C@@H](C)c3ccc4c(c3)CCC4)Oc3ccc(C(C)(C)C)cc32)cc1. The maximum atomic E-state index is 13.9. The fraction of sp³-hybridized carbons (Fsp3) is 0.387. The van der Waals surface area contributed by atoms with Crippen molar-refractivity contribution in [3.8, 4) is 5.75 Å². The lowest BCUT2D eigenvalue weighted by Gasteiger charge is -2.36. The highest BCUT2D eigenvalue weighted by Crippen LogP contribution is 2.40. The summed E-state index contributed by atoms with van der Waals surface area (Å²) in [6.07, 6.45) is 2.35. The highest BCUT2D eigenvalue weighted by Gasteiger charge is 2.38. The number of hydrogen-bond donors (Lipinski definition) is 1. The largest absolute Gasteiger partial charge is 0.476 e. The van der Waals surface area contributed by atoms with Gasteiger partial charge in [0.25, 0.3) is 15.9 Å². The maximum absolute atomic E-state index is 13.9. The van der Waals surface area contributed by atoms with Gasteiger partial charge >= 0.3 is 0 Å². The standard InChI is InChI=1S/C31H36N2O4S/c1-20-9-14-26(15-10-20)38(35,36)33-19-29(37-28-16-13-25(18-27(28)33)31(3,4)5)30(34)32-21(2)23-12-11-22-7-6-8-24(22)17-23/h9-18,21,29H,6-8,19H2,1-5H3,(H,32,34)/t21-,29+/m0/s1. The monoisotopic (exact) mass is 532 g/mol. The van der Waals surface area contributed by atoms with Gasteiger partial charge in [0.15, 0.2) is 6.10 Å². The first kappa shape index (κ1) is 26.3. The number of sulfonamides is 1. The third-order valence-corrected chi connectivity index (χ3v) is 9.37. The lowest BCUT2D eigenvalue weighted by Crippen LogP contribution is -2.51. The van der Waals surface area contributed by atoms with Crippen LogP contribution in [0.1, 0.15) is 68.0 Å². The molecule has 7 heteroatoms. The van der Waals surface area contributed by atoms with Crippen LogP contribution < -0.4 is 14.4 Å². The number of anilines is 1. The summed E-state index contributed by atoms with van der Waals surface area (Å²) >= 11 is 0. The van der Waals surface area contributed by atoms with Crippen LogP contribution in [0.5, 0.6) is 5.75 Å². The number of aryl methyl sites for hydroxylation is 3. The molecule has 2 aliphatic rings. The Hall–Kier alpha value is -3.32. The summed E-state index contributed by atoms with van der Waals surface area (Å²) in [6.45, 7) is 9.98. The number of carbonyl (C=O) groups excluding carboxylic acids is 1. The number of rotatable bonds is 5. The molecule has 0 saturated heterocycles. The molecule has 0 bridgehead atoms. The van der Waals surface area contributed by atoms with Gasteiger partial charge in [-0.2, -0.15) is 0 Å². The van der Waals surface area contributed by atoms with E-state index in [1.54, 1.807) is 30.3 Å². The summed E-state index contributed by atoms with van der Waals surface area (Å²) in [5.74, 6) is 0.0397. The Morgan fingerprint density at radius 2 is 1.71 bits per heavy atom. The Kier molecular flexibility index (Phi) is 6.76. The van der Waals surface area contributed by atoms with E-state index in [1.165, 1.54) is 15.4 Å². The molecule has 1 heterocycles. The van der Waals surface area contributed by atoms with Crippen molar-refractivity contribution in [2.45, 2.75) is 76.3 Å². The Labute approximate surface area is 226 Å². The highest BCUT2D eigenvalue weighted by molar-refractivity contribution is 7.92. The second kappa shape index (κ2) is 9.77. The molecular formula is C31H36N2O4S. The summed E-state index contributed by atoms with van der Waals surface area (Å²) in [5, 5.41) is 3.06. The van der Waals surface area contributed by atoms with Crippen LogP contribution in [-0.2, 0) is 33.1 Å². The summed E-state index contributed by atoms with van der Waals surface area (Å²) in [7, 11) is -3.94. The lowest BCUT2D eigenvalue weighted by atomic mass is 9.86. The molecule has 5 rings (SSSR count). The molecule has 0 aromatic heterocycles. The van der Waals surface area contributed by atoms with Crippen molar-refractivity contribution in [1.29, 1.82) is 0 Å². The second-order valence-corrected chi connectivity index (χ2v) is 13.4. The van der Waals surface area contributed by atoms with E-state index in [4.69, 9.17) is 4.74 Å². The molecule has 0 saturated carbocycles. The lowest BCUT2D eigenvalue weighted by molar-refractivity contribution is -0.128. The number of hydrogen-bond acceptors (Lipinski definition) is 4. The molecule has 3 aromatic carbocycles. The van der Waals surface area contributed by atoms with Gasteiger partial charge in [0.05, 0.1) is 23.2 Å². The van der Waals surface area contributed by atoms with E-state index in [1.807, 2.05) is 26.0 Å². The predicted molar refractivity (Wildman–Crippen MR) is 150 cm³/mol. The number of ether oxygens (including phenoxy) is 1. The summed E-state index contributed by atoms with van der Waals surface area (Å²) < 4.78 is 35.2. The van der Waals surface area contributed by atoms with Crippen LogP contribution in [-0.4, -0.2) is 27.0 Å². The van der Waals surface area contributed by atoms with Crippen molar-refractivity contribution in [2.75, 3.05) is 10.8 Å². The molecule has 1 aliphatic heterocycles. The number of fused-ring (bicyclic) bond motifs is 2. The first-order valence-corrected chi connectivity index (χ1v) is 14.7. The quantitative estimate of drug-likeness (QED) is 0.463. The number of amides is 1. The molecule has 2 atom stereocenters. The third-order valence-electron chi connectivity index (χ3n) is 7.58. The topological polar surface area (TPSA) is 75.7 Å². The molecule has 0 fully saturated rings. The number of benzene rings is 3. The fourth-order valence-corrected chi connectivity index (χ4v) is 6.64. The number of nitrogens with zero attached hydrogens (tertiary/aromatic N) is 1. The average Bonchev–Trinajstić information content (AvgIpc) is 3.35. The minimum atomic E-state index is -3.94. The third kappa shape index (κ3) is 5.04. The molecule has 200 valence electrons. The van der Waals surface area contributed by atoms with Crippen LogP contribution >= 0.6 is 0 Å². The van der Waals surface area contributed by atoms with Gasteiger partial charge in [-0.3, -0.25) is 9.10 Å². The molecule has 0 spiro atoms. The Morgan fingerprint density at radius 3 is 2.42 bits per heavy atom. The van der Waals surface area contributed by atoms with Crippen molar-refractivity contribution in [3.63, 3.8) is 0 Å². The van der Waals surface area contributed by atoms with Crippen molar-refractivity contribution in [1.82, 2.24) is 5.32 Å². The molecule has 1 N–H and O–H groups in total. The van der Waals surface area contributed by atoms with Gasteiger partial charge in [0, 0.05) is 0 Å². The Morgan fingerprint density at radius 1 is 1.00 bits per heavy atom. The maximum Gasteiger partial charge on any atom is 0.264 e. The van der Waals surface area contributed by atoms with Gasteiger partial charge < -0.3 is 10.1 Å². The smallest absolute Gasteiger partial charge is 0.264 e. The normalized spacial score (nSPS) is 17.8. The molecule has 38 heavy (non-hydrogen) atoms. The van der Waals surface area contributed by atoms with Gasteiger partial charge in [-0.25, -0.2) is 8.42 Å². The van der Waals surface area contributed by atoms with Gasteiger partial charge in [-0.05, 0) is 85.0 Å². The van der Waals surface area contributed by atoms with Crippen molar-refractivity contribution >= 4 is 21.6 Å². The first-order chi connectivity index (χ1) is 17.9. The number of carbonyl (C=O) groups is 1. The summed E-state index contributed by atoms with van der Waals surface area (Å²) in [4.78, 5) is 13.6. The Bertz CT molecular complexity index is 1470. The molecule has 0 radical (unpaired) electrons. The number of nitrogens with one attached hydrogen (secondary N) is 1. The van der Waals surface area contributed by atoms with Crippen molar-refractivity contribution in [3.05, 3.63) is 88.5 Å².